The highest BCUT2D eigenvalue weighted by Crippen LogP contribution is 2.20. The molecule has 1 N–H and O–H groups in total. The Morgan fingerprint density at radius 3 is 2.68 bits per heavy atom. The molecular formula is C14H18N2O3. The molecule has 5 nitrogen and oxygen atoms in total. The van der Waals surface area contributed by atoms with E-state index in [0.717, 1.165) is 5.52 Å². The Morgan fingerprint density at radius 1 is 1.37 bits per heavy atom. The molecule has 0 bridgehead atoms. The van der Waals surface area contributed by atoms with E-state index in [0.29, 0.717) is 11.5 Å². The minimum Gasteiger partial charge on any atom is -0.444 e. The molecule has 0 saturated carbocycles. The van der Waals surface area contributed by atoms with Crippen LogP contribution in [0.5, 0.6) is 0 Å². The summed E-state index contributed by atoms with van der Waals surface area (Å²) in [7, 11) is 0. The minimum atomic E-state index is -0.523. The van der Waals surface area contributed by atoms with Crippen molar-refractivity contribution < 1.29 is 13.9 Å². The Bertz CT molecular complexity index is 551. The van der Waals surface area contributed by atoms with Gasteiger partial charge in [-0.15, -0.1) is 0 Å². The largest absolute Gasteiger partial charge is 0.444 e. The second-order valence-corrected chi connectivity index (χ2v) is 5.39. The number of nitrogens with one attached hydrogen (secondary N) is 1. The first-order chi connectivity index (χ1) is 8.85. The number of carbonyl (C=O) groups excluding carboxylic acids is 1. The third-order valence-electron chi connectivity index (χ3n) is 2.41. The third-order valence-corrected chi connectivity index (χ3v) is 2.41. The molecule has 1 atom stereocenters. The van der Waals surface area contributed by atoms with Crippen molar-refractivity contribution in [2.75, 3.05) is 0 Å². The molecule has 102 valence electrons. The molecule has 0 aliphatic rings. The summed E-state index contributed by atoms with van der Waals surface area (Å²) in [4.78, 5) is 16.0. The molecule has 0 aliphatic heterocycles. The average Bonchev–Trinajstić information content (AvgIpc) is 2.69. The lowest BCUT2D eigenvalue weighted by Crippen LogP contribution is -2.34. The summed E-state index contributed by atoms with van der Waals surface area (Å²) in [5.41, 5.74) is 0.955. The van der Waals surface area contributed by atoms with E-state index >= 15 is 0 Å². The molecule has 0 fully saturated rings. The average molecular weight is 262 g/mol. The van der Waals surface area contributed by atoms with Gasteiger partial charge in [-0.25, -0.2) is 9.78 Å². The van der Waals surface area contributed by atoms with Crippen LogP contribution in [0.2, 0.25) is 0 Å². The van der Waals surface area contributed by atoms with E-state index in [1.165, 1.54) is 0 Å². The molecule has 1 heterocycles. The topological polar surface area (TPSA) is 64.4 Å². The van der Waals surface area contributed by atoms with Crippen LogP contribution in [0, 0.1) is 0 Å². The summed E-state index contributed by atoms with van der Waals surface area (Å²) in [6.07, 6.45) is -0.484. The number of amides is 1. The molecule has 1 unspecified atom stereocenters. The summed E-state index contributed by atoms with van der Waals surface area (Å²) in [5, 5.41) is 2.70. The van der Waals surface area contributed by atoms with Crippen molar-refractivity contribution in [1.82, 2.24) is 10.3 Å². The first kappa shape index (κ1) is 13.4. The van der Waals surface area contributed by atoms with E-state index in [1.807, 2.05) is 45.0 Å². The number of ether oxygens (including phenoxy) is 1. The molecule has 0 saturated heterocycles. The van der Waals surface area contributed by atoms with Gasteiger partial charge in [0.1, 0.15) is 17.2 Å². The minimum absolute atomic E-state index is 0.345. The zero-order valence-electron chi connectivity index (χ0n) is 11.6. The normalized spacial score (nSPS) is 13.3. The summed E-state index contributed by atoms with van der Waals surface area (Å²) in [6.45, 7) is 7.25. The van der Waals surface area contributed by atoms with Crippen LogP contribution in [0.25, 0.3) is 11.1 Å². The van der Waals surface area contributed by atoms with Crippen molar-refractivity contribution in [3.8, 4) is 0 Å². The summed E-state index contributed by atoms with van der Waals surface area (Å²) >= 11 is 0. The molecule has 1 aromatic carbocycles. The molecule has 1 amide bonds. The van der Waals surface area contributed by atoms with Crippen LogP contribution in [0.15, 0.2) is 28.7 Å². The maximum absolute atomic E-state index is 11.7. The lowest BCUT2D eigenvalue weighted by molar-refractivity contribution is 0.0501. The quantitative estimate of drug-likeness (QED) is 0.900. The van der Waals surface area contributed by atoms with Crippen molar-refractivity contribution >= 4 is 17.2 Å². The van der Waals surface area contributed by atoms with E-state index < -0.39 is 11.7 Å². The van der Waals surface area contributed by atoms with Gasteiger partial charge in [0.25, 0.3) is 0 Å². The smallest absolute Gasteiger partial charge is 0.408 e. The summed E-state index contributed by atoms with van der Waals surface area (Å²) in [5.74, 6) is 0.465. The first-order valence-electron chi connectivity index (χ1n) is 6.20. The Kier molecular flexibility index (Phi) is 3.46. The van der Waals surface area contributed by atoms with Crippen molar-refractivity contribution in [2.45, 2.75) is 39.3 Å². The molecule has 1 aromatic heterocycles. The number of oxazole rings is 1. The van der Waals surface area contributed by atoms with Gasteiger partial charge in [0, 0.05) is 0 Å². The number of rotatable bonds is 2. The number of benzene rings is 1. The molecular weight excluding hydrogens is 244 g/mol. The van der Waals surface area contributed by atoms with E-state index in [1.54, 1.807) is 6.92 Å². The van der Waals surface area contributed by atoms with Crippen LogP contribution in [-0.4, -0.2) is 16.7 Å². The number of hydrogen-bond donors (Lipinski definition) is 1. The lowest BCUT2D eigenvalue weighted by Gasteiger charge is -2.20. The fourth-order valence-corrected chi connectivity index (χ4v) is 1.62. The molecule has 2 aromatic rings. The van der Waals surface area contributed by atoms with Crippen LogP contribution in [0.4, 0.5) is 4.79 Å². The standard InChI is InChI=1S/C14H18N2O3/c1-9(15-13(17)19-14(2,3)4)12-16-10-7-5-6-8-11(10)18-12/h5-9H,1-4H3,(H,15,17). The third kappa shape index (κ3) is 3.47. The SMILES string of the molecule is CC(NC(=O)OC(C)(C)C)c1nc2ccccc2o1. The van der Waals surface area contributed by atoms with Gasteiger partial charge in [-0.05, 0) is 39.8 Å². The second-order valence-electron chi connectivity index (χ2n) is 5.39. The van der Waals surface area contributed by atoms with Gasteiger partial charge in [0.2, 0.25) is 5.89 Å². The second kappa shape index (κ2) is 4.91. The Morgan fingerprint density at radius 2 is 2.05 bits per heavy atom. The number of carbonyl (C=O) groups is 1. The fourth-order valence-electron chi connectivity index (χ4n) is 1.62. The van der Waals surface area contributed by atoms with Crippen molar-refractivity contribution in [1.29, 1.82) is 0 Å². The van der Waals surface area contributed by atoms with Crippen molar-refractivity contribution in [2.24, 2.45) is 0 Å². The van der Waals surface area contributed by atoms with Gasteiger partial charge >= 0.3 is 6.09 Å². The van der Waals surface area contributed by atoms with Crippen LogP contribution in [0.1, 0.15) is 39.6 Å². The zero-order chi connectivity index (χ0) is 14.0. The number of nitrogens with zero attached hydrogens (tertiary/aromatic N) is 1. The van der Waals surface area contributed by atoms with Gasteiger partial charge in [-0.2, -0.15) is 0 Å². The van der Waals surface area contributed by atoms with Crippen LogP contribution in [-0.2, 0) is 4.74 Å². The van der Waals surface area contributed by atoms with E-state index in [4.69, 9.17) is 9.15 Å². The summed E-state index contributed by atoms with van der Waals surface area (Å²) in [6, 6.07) is 7.13. The van der Waals surface area contributed by atoms with E-state index in [-0.39, 0.29) is 6.04 Å². The van der Waals surface area contributed by atoms with Crippen molar-refractivity contribution in [3.05, 3.63) is 30.2 Å². The van der Waals surface area contributed by atoms with Crippen LogP contribution in [0.3, 0.4) is 0 Å². The summed E-state index contributed by atoms with van der Waals surface area (Å²) < 4.78 is 10.8. The Balaban J connectivity index is 2.07. The van der Waals surface area contributed by atoms with Crippen LogP contribution < -0.4 is 5.32 Å². The van der Waals surface area contributed by atoms with Gasteiger partial charge in [0.15, 0.2) is 5.58 Å². The number of alkyl carbamates (subject to hydrolysis) is 1. The highest BCUT2D eigenvalue weighted by atomic mass is 16.6. The highest BCUT2D eigenvalue weighted by molar-refractivity contribution is 5.72. The first-order valence-corrected chi connectivity index (χ1v) is 6.20. The molecule has 2 rings (SSSR count). The molecule has 0 radical (unpaired) electrons. The van der Waals surface area contributed by atoms with Gasteiger partial charge < -0.3 is 14.5 Å². The van der Waals surface area contributed by atoms with Gasteiger partial charge in [0.05, 0.1) is 0 Å². The van der Waals surface area contributed by atoms with Crippen molar-refractivity contribution in [3.63, 3.8) is 0 Å². The Labute approximate surface area is 112 Å². The van der Waals surface area contributed by atoms with E-state index in [2.05, 4.69) is 10.3 Å². The maximum atomic E-state index is 11.7. The Hall–Kier alpha value is -2.04. The predicted molar refractivity (Wildman–Crippen MR) is 71.8 cm³/mol. The van der Waals surface area contributed by atoms with Crippen LogP contribution >= 0.6 is 0 Å². The molecule has 0 spiro atoms. The monoisotopic (exact) mass is 262 g/mol. The number of fused-ring (bicyclic) bond motifs is 1. The molecule has 5 heteroatoms. The molecule has 0 aliphatic carbocycles. The van der Waals surface area contributed by atoms with Gasteiger partial charge in [-0.3, -0.25) is 0 Å². The zero-order valence-corrected chi connectivity index (χ0v) is 11.6. The lowest BCUT2D eigenvalue weighted by atomic mass is 10.2. The number of aromatic nitrogens is 1. The van der Waals surface area contributed by atoms with E-state index in [9.17, 15) is 4.79 Å². The fraction of sp³-hybridized carbons (Fsp3) is 0.429. The van der Waals surface area contributed by atoms with Gasteiger partial charge in [-0.1, -0.05) is 12.1 Å². The maximum Gasteiger partial charge on any atom is 0.408 e. The molecule has 19 heavy (non-hydrogen) atoms. The predicted octanol–water partition coefficient (Wildman–Crippen LogP) is 3.41. The highest BCUT2D eigenvalue weighted by Gasteiger charge is 2.20. The number of para-hydroxylation sites is 2. The number of hydrogen-bond acceptors (Lipinski definition) is 4.